The molecule has 4 aromatic rings. The lowest BCUT2D eigenvalue weighted by Crippen LogP contribution is -2.33. The van der Waals surface area contributed by atoms with E-state index in [0.29, 0.717) is 31.0 Å². The fourth-order valence-corrected chi connectivity index (χ4v) is 4.08. The van der Waals surface area contributed by atoms with Gasteiger partial charge in [-0.15, -0.1) is 0 Å². The van der Waals surface area contributed by atoms with Gasteiger partial charge in [-0.2, -0.15) is 0 Å². The number of hydrogen-bond acceptors (Lipinski definition) is 5. The van der Waals surface area contributed by atoms with Crippen LogP contribution in [-0.4, -0.2) is 50.3 Å². The van der Waals surface area contributed by atoms with Gasteiger partial charge in [0.2, 0.25) is 0 Å². The number of aryl methyl sites for hydroxylation is 1. The SMILES string of the molecule is COCCN(Cc1cc2ccc(OC)cc2nc1-c1cccc(C)c1)C(=O)c1cccc(OC)c1. The Kier molecular flexibility index (Phi) is 7.63. The van der Waals surface area contributed by atoms with Gasteiger partial charge in [-0.1, -0.05) is 29.8 Å². The molecular formula is C29H30N2O4. The van der Waals surface area contributed by atoms with Crippen molar-refractivity contribution in [2.24, 2.45) is 0 Å². The number of aromatic nitrogens is 1. The number of fused-ring (bicyclic) bond motifs is 1. The second kappa shape index (κ2) is 11.0. The molecule has 0 aliphatic heterocycles. The van der Waals surface area contributed by atoms with Gasteiger partial charge in [0.05, 0.1) is 32.0 Å². The topological polar surface area (TPSA) is 60.9 Å². The molecule has 1 amide bonds. The summed E-state index contributed by atoms with van der Waals surface area (Å²) >= 11 is 0. The molecule has 0 radical (unpaired) electrons. The summed E-state index contributed by atoms with van der Waals surface area (Å²) in [5, 5.41) is 0.984. The normalized spacial score (nSPS) is 10.9. The number of ether oxygens (including phenoxy) is 3. The van der Waals surface area contributed by atoms with Gasteiger partial charge in [0, 0.05) is 42.8 Å². The van der Waals surface area contributed by atoms with Crippen molar-refractivity contribution in [3.63, 3.8) is 0 Å². The second-order valence-corrected chi connectivity index (χ2v) is 8.38. The smallest absolute Gasteiger partial charge is 0.254 e. The van der Waals surface area contributed by atoms with Crippen molar-refractivity contribution in [1.82, 2.24) is 9.88 Å². The van der Waals surface area contributed by atoms with Crippen molar-refractivity contribution < 1.29 is 19.0 Å². The van der Waals surface area contributed by atoms with Gasteiger partial charge in [-0.25, -0.2) is 4.98 Å². The summed E-state index contributed by atoms with van der Waals surface area (Å²) in [6.45, 7) is 3.32. The van der Waals surface area contributed by atoms with Gasteiger partial charge >= 0.3 is 0 Å². The Bertz CT molecular complexity index is 1340. The molecule has 4 rings (SSSR count). The predicted octanol–water partition coefficient (Wildman–Crippen LogP) is 5.52. The monoisotopic (exact) mass is 470 g/mol. The lowest BCUT2D eigenvalue weighted by atomic mass is 10.0. The maximum atomic E-state index is 13.6. The van der Waals surface area contributed by atoms with Crippen LogP contribution in [-0.2, 0) is 11.3 Å². The first-order valence-electron chi connectivity index (χ1n) is 11.5. The van der Waals surface area contributed by atoms with Gasteiger partial charge in [0.25, 0.3) is 5.91 Å². The Balaban J connectivity index is 1.80. The van der Waals surface area contributed by atoms with Gasteiger partial charge in [-0.3, -0.25) is 4.79 Å². The van der Waals surface area contributed by atoms with Crippen LogP contribution in [0, 0.1) is 6.92 Å². The van der Waals surface area contributed by atoms with Crippen molar-refractivity contribution in [3.8, 4) is 22.8 Å². The average Bonchev–Trinajstić information content (AvgIpc) is 2.89. The lowest BCUT2D eigenvalue weighted by molar-refractivity contribution is 0.0680. The summed E-state index contributed by atoms with van der Waals surface area (Å²) < 4.78 is 16.1. The van der Waals surface area contributed by atoms with Crippen molar-refractivity contribution in [2.75, 3.05) is 34.5 Å². The lowest BCUT2D eigenvalue weighted by Gasteiger charge is -2.24. The van der Waals surface area contributed by atoms with Gasteiger partial charge in [-0.05, 0) is 55.0 Å². The van der Waals surface area contributed by atoms with E-state index in [2.05, 4.69) is 25.1 Å². The van der Waals surface area contributed by atoms with Crippen LogP contribution in [0.15, 0.2) is 72.8 Å². The third kappa shape index (κ3) is 5.61. The Hall–Kier alpha value is -3.90. The van der Waals surface area contributed by atoms with Gasteiger partial charge < -0.3 is 19.1 Å². The number of carbonyl (C=O) groups is 1. The fourth-order valence-electron chi connectivity index (χ4n) is 4.08. The zero-order valence-electron chi connectivity index (χ0n) is 20.6. The number of hydrogen-bond donors (Lipinski definition) is 0. The van der Waals surface area contributed by atoms with E-state index in [4.69, 9.17) is 19.2 Å². The number of amides is 1. The van der Waals surface area contributed by atoms with Crippen LogP contribution in [0.1, 0.15) is 21.5 Å². The zero-order chi connectivity index (χ0) is 24.8. The largest absolute Gasteiger partial charge is 0.497 e. The molecule has 1 heterocycles. The molecule has 0 aliphatic rings. The molecule has 0 atom stereocenters. The highest BCUT2D eigenvalue weighted by Crippen LogP contribution is 2.30. The van der Waals surface area contributed by atoms with Gasteiger partial charge in [0.15, 0.2) is 0 Å². The zero-order valence-corrected chi connectivity index (χ0v) is 20.6. The highest BCUT2D eigenvalue weighted by molar-refractivity contribution is 5.95. The summed E-state index contributed by atoms with van der Waals surface area (Å²) in [6.07, 6.45) is 0. The van der Waals surface area contributed by atoms with Crippen LogP contribution < -0.4 is 9.47 Å². The van der Waals surface area contributed by atoms with E-state index in [1.165, 1.54) is 0 Å². The van der Waals surface area contributed by atoms with Crippen LogP contribution in [0.4, 0.5) is 0 Å². The van der Waals surface area contributed by atoms with Gasteiger partial charge in [0.1, 0.15) is 11.5 Å². The molecule has 6 nitrogen and oxygen atoms in total. The molecule has 0 saturated carbocycles. The number of benzene rings is 3. The number of nitrogens with zero attached hydrogens (tertiary/aromatic N) is 2. The van der Waals surface area contributed by atoms with Crippen LogP contribution in [0.5, 0.6) is 11.5 Å². The summed E-state index contributed by atoms with van der Waals surface area (Å²) in [4.78, 5) is 20.4. The standard InChI is InChI=1S/C29H30N2O4/c1-20-7-5-8-22(15-20)28-24(16-21-11-12-26(35-4)18-27(21)30-28)19-31(13-14-33-2)29(32)23-9-6-10-25(17-23)34-3/h5-12,15-18H,13-14,19H2,1-4H3. The number of methoxy groups -OCH3 is 3. The molecule has 0 saturated heterocycles. The quantitative estimate of drug-likeness (QED) is 0.323. The molecule has 180 valence electrons. The minimum absolute atomic E-state index is 0.0917. The highest BCUT2D eigenvalue weighted by atomic mass is 16.5. The molecule has 35 heavy (non-hydrogen) atoms. The molecular weight excluding hydrogens is 440 g/mol. The number of rotatable bonds is 9. The summed E-state index contributed by atoms with van der Waals surface area (Å²) in [5.41, 5.74) is 5.36. The Morgan fingerprint density at radius 2 is 1.66 bits per heavy atom. The minimum atomic E-state index is -0.0917. The van der Waals surface area contributed by atoms with E-state index >= 15 is 0 Å². The van der Waals surface area contributed by atoms with Crippen molar-refractivity contribution >= 4 is 16.8 Å². The van der Waals surface area contributed by atoms with Crippen molar-refractivity contribution in [1.29, 1.82) is 0 Å². The maximum absolute atomic E-state index is 13.6. The Labute approximate surface area is 206 Å². The average molecular weight is 471 g/mol. The molecule has 0 spiro atoms. The fraction of sp³-hybridized carbons (Fsp3) is 0.241. The highest BCUT2D eigenvalue weighted by Gasteiger charge is 2.20. The Morgan fingerprint density at radius 3 is 2.40 bits per heavy atom. The summed E-state index contributed by atoms with van der Waals surface area (Å²) in [6, 6.07) is 23.4. The third-order valence-electron chi connectivity index (χ3n) is 5.93. The minimum Gasteiger partial charge on any atom is -0.497 e. The predicted molar refractivity (Wildman–Crippen MR) is 138 cm³/mol. The second-order valence-electron chi connectivity index (χ2n) is 8.38. The van der Waals surface area contributed by atoms with Crippen LogP contribution in [0.3, 0.4) is 0 Å². The van der Waals surface area contributed by atoms with Crippen molar-refractivity contribution in [3.05, 3.63) is 89.5 Å². The van der Waals surface area contributed by atoms with E-state index in [0.717, 1.165) is 39.0 Å². The molecule has 1 aromatic heterocycles. The van der Waals surface area contributed by atoms with E-state index in [9.17, 15) is 4.79 Å². The number of pyridine rings is 1. The van der Waals surface area contributed by atoms with E-state index in [1.54, 1.807) is 38.4 Å². The molecule has 0 bridgehead atoms. The molecule has 6 heteroatoms. The van der Waals surface area contributed by atoms with Crippen LogP contribution in [0.2, 0.25) is 0 Å². The molecule has 0 fully saturated rings. The van der Waals surface area contributed by atoms with E-state index in [-0.39, 0.29) is 5.91 Å². The molecule has 3 aromatic carbocycles. The van der Waals surface area contributed by atoms with Crippen LogP contribution in [0.25, 0.3) is 22.2 Å². The summed E-state index contributed by atoms with van der Waals surface area (Å²) in [5.74, 6) is 1.30. The first-order valence-corrected chi connectivity index (χ1v) is 11.5. The first kappa shape index (κ1) is 24.2. The molecule has 0 aliphatic carbocycles. The number of carbonyl (C=O) groups excluding carboxylic acids is 1. The van der Waals surface area contributed by atoms with E-state index < -0.39 is 0 Å². The third-order valence-corrected chi connectivity index (χ3v) is 5.93. The molecule has 0 N–H and O–H groups in total. The van der Waals surface area contributed by atoms with Crippen molar-refractivity contribution in [2.45, 2.75) is 13.5 Å². The first-order chi connectivity index (χ1) is 17.0. The van der Waals surface area contributed by atoms with Crippen LogP contribution >= 0.6 is 0 Å². The maximum Gasteiger partial charge on any atom is 0.254 e. The Morgan fingerprint density at radius 1 is 0.886 bits per heavy atom. The summed E-state index contributed by atoms with van der Waals surface area (Å²) in [7, 11) is 4.88. The molecule has 0 unspecified atom stereocenters. The van der Waals surface area contributed by atoms with E-state index in [1.807, 2.05) is 42.5 Å².